The number of anilines is 2. The molecule has 1 rings (SSSR count). The fourth-order valence-electron chi connectivity index (χ4n) is 2.00. The molecule has 0 radical (unpaired) electrons. The maximum absolute atomic E-state index is 8.79. The molecule has 0 amide bonds. The highest BCUT2D eigenvalue weighted by Crippen LogP contribution is 2.23. The third-order valence-corrected chi connectivity index (χ3v) is 3.35. The lowest BCUT2D eigenvalue weighted by molar-refractivity contribution is 0.283. The molecule has 1 aromatic rings. The van der Waals surface area contributed by atoms with Crippen LogP contribution in [0, 0.1) is 6.92 Å². The molecule has 0 atom stereocenters. The molecule has 21 heavy (non-hydrogen) atoms. The summed E-state index contributed by atoms with van der Waals surface area (Å²) in [5.74, 6) is 3.05. The number of hydrogen-bond acceptors (Lipinski definition) is 5. The van der Waals surface area contributed by atoms with E-state index in [4.69, 9.17) is 5.11 Å². The Balaban J connectivity index is 2.77. The monoisotopic (exact) mass is 294 g/mol. The topological polar surface area (TPSA) is 70.1 Å². The first-order valence-corrected chi connectivity index (χ1v) is 8.07. The Morgan fingerprint density at radius 1 is 1.00 bits per heavy atom. The zero-order valence-electron chi connectivity index (χ0n) is 13.9. The molecule has 120 valence electrons. The second-order valence-electron chi connectivity index (χ2n) is 5.70. The molecule has 3 N–H and O–H groups in total. The second kappa shape index (κ2) is 9.55. The van der Waals surface area contributed by atoms with Crippen molar-refractivity contribution in [3.05, 3.63) is 11.4 Å². The van der Waals surface area contributed by atoms with Crippen LogP contribution in [-0.2, 0) is 0 Å². The predicted molar refractivity (Wildman–Crippen MR) is 89.1 cm³/mol. The van der Waals surface area contributed by atoms with E-state index in [1.165, 1.54) is 0 Å². The number of aromatic nitrogens is 2. The van der Waals surface area contributed by atoms with Crippen LogP contribution in [0.25, 0.3) is 0 Å². The summed E-state index contributed by atoms with van der Waals surface area (Å²) in [6, 6.07) is 0. The maximum atomic E-state index is 8.79. The number of unbranched alkanes of at least 4 members (excludes halogenated alkanes) is 2. The van der Waals surface area contributed by atoms with Crippen LogP contribution >= 0.6 is 0 Å². The number of hydrogen-bond donors (Lipinski definition) is 3. The van der Waals surface area contributed by atoms with Crippen molar-refractivity contribution in [1.29, 1.82) is 0 Å². The molecule has 0 spiro atoms. The van der Waals surface area contributed by atoms with Crippen LogP contribution in [-0.4, -0.2) is 34.8 Å². The number of nitrogens with one attached hydrogen (secondary N) is 2. The van der Waals surface area contributed by atoms with E-state index >= 15 is 0 Å². The van der Waals surface area contributed by atoms with Gasteiger partial charge < -0.3 is 15.7 Å². The van der Waals surface area contributed by atoms with E-state index < -0.39 is 0 Å². The summed E-state index contributed by atoms with van der Waals surface area (Å²) < 4.78 is 0. The highest BCUT2D eigenvalue weighted by molar-refractivity contribution is 5.57. The Morgan fingerprint density at radius 3 is 2.14 bits per heavy atom. The lowest BCUT2D eigenvalue weighted by Gasteiger charge is -2.16. The van der Waals surface area contributed by atoms with Crippen molar-refractivity contribution >= 4 is 11.6 Å². The molecule has 0 aliphatic carbocycles. The molecule has 0 aliphatic rings. The highest BCUT2D eigenvalue weighted by Gasteiger charge is 2.12. The van der Waals surface area contributed by atoms with Crippen LogP contribution in [0.2, 0.25) is 0 Å². The van der Waals surface area contributed by atoms with Crippen molar-refractivity contribution in [1.82, 2.24) is 9.97 Å². The molecule has 5 nitrogen and oxygen atoms in total. The Labute approximate surface area is 128 Å². The summed E-state index contributed by atoms with van der Waals surface area (Å²) in [7, 11) is 0. The third kappa shape index (κ3) is 5.87. The molecule has 0 aromatic carbocycles. The van der Waals surface area contributed by atoms with Crippen LogP contribution < -0.4 is 10.6 Å². The first kappa shape index (κ1) is 17.7. The quantitative estimate of drug-likeness (QED) is 0.578. The summed E-state index contributed by atoms with van der Waals surface area (Å²) >= 11 is 0. The van der Waals surface area contributed by atoms with Gasteiger partial charge >= 0.3 is 0 Å². The minimum Gasteiger partial charge on any atom is -0.396 e. The molecular formula is C16H30N4O. The van der Waals surface area contributed by atoms with Crippen LogP contribution in [0.15, 0.2) is 0 Å². The lowest BCUT2D eigenvalue weighted by Crippen LogP contribution is -2.13. The minimum absolute atomic E-state index is 0.273. The number of nitrogens with zero attached hydrogens (tertiary/aromatic N) is 2. The standard InChI is InChI=1S/C16H30N4O/c1-5-9-17-15-13(4)16(18-10-7-6-8-11-21)20-14(19-15)12(2)3/h12,21H,5-11H2,1-4H3,(H2,17,18,19,20). The van der Waals surface area contributed by atoms with Gasteiger partial charge in [0.25, 0.3) is 0 Å². The van der Waals surface area contributed by atoms with Crippen molar-refractivity contribution in [2.45, 2.75) is 59.3 Å². The largest absolute Gasteiger partial charge is 0.396 e. The fourth-order valence-corrected chi connectivity index (χ4v) is 2.00. The van der Waals surface area contributed by atoms with Gasteiger partial charge in [0.15, 0.2) is 0 Å². The summed E-state index contributed by atoms with van der Waals surface area (Å²) in [6.07, 6.45) is 4.01. The van der Waals surface area contributed by atoms with Gasteiger partial charge in [-0.25, -0.2) is 9.97 Å². The number of aliphatic hydroxyl groups excluding tert-OH is 1. The van der Waals surface area contributed by atoms with Crippen LogP contribution in [0.4, 0.5) is 11.6 Å². The zero-order chi connectivity index (χ0) is 15.7. The fraction of sp³-hybridized carbons (Fsp3) is 0.750. The van der Waals surface area contributed by atoms with Crippen LogP contribution in [0.1, 0.15) is 63.8 Å². The molecule has 1 aromatic heterocycles. The molecule has 0 aliphatic heterocycles. The summed E-state index contributed by atoms with van der Waals surface area (Å²) in [5.41, 5.74) is 1.08. The van der Waals surface area contributed by atoms with Gasteiger partial charge in [-0.3, -0.25) is 0 Å². The molecular weight excluding hydrogens is 264 g/mol. The first-order chi connectivity index (χ1) is 10.1. The SMILES string of the molecule is CCCNc1nc(C(C)C)nc(NCCCCCO)c1C. The maximum Gasteiger partial charge on any atom is 0.135 e. The van der Waals surface area contributed by atoms with Gasteiger partial charge in [0, 0.05) is 31.2 Å². The Hall–Kier alpha value is -1.36. The molecule has 5 heteroatoms. The van der Waals surface area contributed by atoms with E-state index in [1.807, 2.05) is 0 Å². The van der Waals surface area contributed by atoms with Gasteiger partial charge in [-0.05, 0) is 32.6 Å². The smallest absolute Gasteiger partial charge is 0.135 e. The van der Waals surface area contributed by atoms with E-state index in [2.05, 4.69) is 48.3 Å². The summed E-state index contributed by atoms with van der Waals surface area (Å²) in [6.45, 7) is 10.5. The van der Waals surface area contributed by atoms with Gasteiger partial charge in [-0.2, -0.15) is 0 Å². The van der Waals surface area contributed by atoms with Crippen LogP contribution in [0.5, 0.6) is 0 Å². The van der Waals surface area contributed by atoms with Crippen molar-refractivity contribution in [2.24, 2.45) is 0 Å². The van der Waals surface area contributed by atoms with Crippen molar-refractivity contribution < 1.29 is 5.11 Å². The normalized spacial score (nSPS) is 11.0. The van der Waals surface area contributed by atoms with E-state index in [-0.39, 0.29) is 6.61 Å². The van der Waals surface area contributed by atoms with E-state index in [9.17, 15) is 0 Å². The summed E-state index contributed by atoms with van der Waals surface area (Å²) in [4.78, 5) is 9.28. The average Bonchev–Trinajstić information content (AvgIpc) is 2.47. The molecule has 0 bridgehead atoms. The Morgan fingerprint density at radius 2 is 1.62 bits per heavy atom. The minimum atomic E-state index is 0.273. The van der Waals surface area contributed by atoms with Crippen molar-refractivity contribution in [3.63, 3.8) is 0 Å². The Bertz CT molecular complexity index is 421. The molecule has 0 fully saturated rings. The zero-order valence-corrected chi connectivity index (χ0v) is 13.9. The molecule has 0 saturated heterocycles. The van der Waals surface area contributed by atoms with E-state index in [0.29, 0.717) is 5.92 Å². The van der Waals surface area contributed by atoms with Gasteiger partial charge in [0.2, 0.25) is 0 Å². The van der Waals surface area contributed by atoms with Gasteiger partial charge in [-0.1, -0.05) is 20.8 Å². The third-order valence-electron chi connectivity index (χ3n) is 3.35. The van der Waals surface area contributed by atoms with Crippen molar-refractivity contribution in [2.75, 3.05) is 30.3 Å². The van der Waals surface area contributed by atoms with Crippen molar-refractivity contribution in [3.8, 4) is 0 Å². The first-order valence-electron chi connectivity index (χ1n) is 8.07. The Kier molecular flexibility index (Phi) is 8.05. The average molecular weight is 294 g/mol. The predicted octanol–water partition coefficient (Wildman–Crippen LogP) is 3.30. The highest BCUT2D eigenvalue weighted by atomic mass is 16.2. The number of aliphatic hydroxyl groups is 1. The molecule has 0 saturated carbocycles. The van der Waals surface area contributed by atoms with Gasteiger partial charge in [0.05, 0.1) is 0 Å². The lowest BCUT2D eigenvalue weighted by atomic mass is 10.2. The van der Waals surface area contributed by atoms with E-state index in [1.54, 1.807) is 0 Å². The van der Waals surface area contributed by atoms with Gasteiger partial charge in [-0.15, -0.1) is 0 Å². The van der Waals surface area contributed by atoms with Gasteiger partial charge in [0.1, 0.15) is 17.5 Å². The second-order valence-corrected chi connectivity index (χ2v) is 5.70. The molecule has 1 heterocycles. The summed E-state index contributed by atoms with van der Waals surface area (Å²) in [5, 5.41) is 15.6. The van der Waals surface area contributed by atoms with E-state index in [0.717, 1.165) is 61.8 Å². The molecule has 0 unspecified atom stereocenters. The van der Waals surface area contributed by atoms with Crippen LogP contribution in [0.3, 0.4) is 0 Å². The number of rotatable bonds is 10.